The van der Waals surface area contributed by atoms with Crippen LogP contribution < -0.4 is 0 Å². The van der Waals surface area contributed by atoms with Gasteiger partial charge in [-0.05, 0) is 146 Å². The van der Waals surface area contributed by atoms with Crippen molar-refractivity contribution >= 4 is 5.91 Å². The Morgan fingerprint density at radius 2 is 1.18 bits per heavy atom. The molecule has 0 radical (unpaired) electrons. The van der Waals surface area contributed by atoms with E-state index < -0.39 is 0 Å². The Balaban J connectivity index is 0.000000204. The summed E-state index contributed by atoms with van der Waals surface area (Å²) in [5, 5.41) is 46.2. The number of aromatic nitrogens is 3. The number of nitrogens with zero attached hydrogens (tertiary/aromatic N) is 9. The van der Waals surface area contributed by atoms with Crippen molar-refractivity contribution in [1.29, 1.82) is 15.8 Å². The summed E-state index contributed by atoms with van der Waals surface area (Å²) < 4.78 is 14.8. The van der Waals surface area contributed by atoms with Crippen LogP contribution in [-0.4, -0.2) is 80.0 Å². The van der Waals surface area contributed by atoms with Crippen LogP contribution in [0.2, 0.25) is 0 Å². The van der Waals surface area contributed by atoms with E-state index in [0.717, 1.165) is 108 Å². The van der Waals surface area contributed by atoms with Gasteiger partial charge < -0.3 is 10.0 Å². The zero-order chi connectivity index (χ0) is 52.3. The predicted molar refractivity (Wildman–Crippen MR) is 281 cm³/mol. The molecule has 3 aliphatic heterocycles. The summed E-state index contributed by atoms with van der Waals surface area (Å²) in [7, 11) is 0. The molecule has 71 heavy (non-hydrogen) atoms. The minimum absolute atomic E-state index is 0.00823. The Bertz CT molecular complexity index is 2470. The largest absolute Gasteiger partial charge is 0.507 e. The number of hydrogen-bond acceptors (Lipinski definition) is 9. The number of nitriles is 3. The van der Waals surface area contributed by atoms with Gasteiger partial charge in [0.2, 0.25) is 5.91 Å². The molecule has 1 aromatic heterocycles. The number of phenolic OH excluding ortho intramolecular Hbond substituents is 1. The van der Waals surface area contributed by atoms with Gasteiger partial charge >= 0.3 is 0 Å². The number of carbonyl (C=O) groups excluding carboxylic acids is 1. The molecule has 7 rings (SSSR count). The standard InChI is InChI=1S/C24H29FN2O.C21H29N5.C14H24N2O/c1-23(2,3)24(9-12-26)10-13-27(14-11-24)17-19-15-22(28)20(16-21(19)25)18-7-5-4-6-8-18;1-17-15-23-26(24-17)19-7-5-18(6-8-19)16-25-13-10-21(9-12-22,11-14-25)20(2,3)4;1-5-14(13(2,3)4)7-10-16(11-8-14)12(17)6-9-15/h4-8,15-16,28H,9-11,13-14,17H2,1-3H3;5-8,15H,9-11,13-14,16H2,1-4H3;5-8,10-11H2,1-4H3. The lowest BCUT2D eigenvalue weighted by molar-refractivity contribution is -0.134. The number of halogens is 1. The highest BCUT2D eigenvalue weighted by atomic mass is 19.1. The van der Waals surface area contributed by atoms with E-state index in [2.05, 4.69) is 126 Å². The van der Waals surface area contributed by atoms with E-state index in [1.807, 2.05) is 48.2 Å². The highest BCUT2D eigenvalue weighted by Crippen LogP contribution is 2.51. The van der Waals surface area contributed by atoms with Gasteiger partial charge in [0.1, 0.15) is 18.0 Å². The maximum Gasteiger partial charge on any atom is 0.236 e. The van der Waals surface area contributed by atoms with Gasteiger partial charge in [0.25, 0.3) is 0 Å². The van der Waals surface area contributed by atoms with Crippen molar-refractivity contribution in [1.82, 2.24) is 29.7 Å². The first-order valence-corrected chi connectivity index (χ1v) is 25.8. The Labute approximate surface area is 425 Å². The topological polar surface area (TPSA) is 149 Å². The van der Waals surface area contributed by atoms with E-state index in [0.29, 0.717) is 35.9 Å². The second-order valence-corrected chi connectivity index (χ2v) is 23.7. The maximum absolute atomic E-state index is 14.8. The normalized spacial score (nSPS) is 18.1. The molecule has 0 atom stereocenters. The van der Waals surface area contributed by atoms with Crippen molar-refractivity contribution in [3.8, 4) is 40.8 Å². The Hall–Kier alpha value is -5.61. The van der Waals surface area contributed by atoms with Gasteiger partial charge in [-0.15, -0.1) is 0 Å². The molecule has 1 amide bonds. The van der Waals surface area contributed by atoms with Gasteiger partial charge in [0, 0.05) is 50.1 Å². The lowest BCUT2D eigenvalue weighted by Crippen LogP contribution is -2.48. The van der Waals surface area contributed by atoms with Crippen LogP contribution in [0.4, 0.5) is 4.39 Å². The average molecular weight is 968 g/mol. The number of phenols is 1. The molecule has 0 unspecified atom stereocenters. The lowest BCUT2D eigenvalue weighted by atomic mass is 9.60. The quantitative estimate of drug-likeness (QED) is 0.164. The molecule has 0 saturated carbocycles. The Kier molecular flexibility index (Phi) is 18.8. The highest BCUT2D eigenvalue weighted by Gasteiger charge is 2.46. The molecule has 12 heteroatoms. The first kappa shape index (κ1) is 56.3. The number of benzene rings is 3. The van der Waals surface area contributed by atoms with Crippen molar-refractivity contribution < 1.29 is 14.3 Å². The number of rotatable bonds is 10. The molecule has 4 aromatic rings. The van der Waals surface area contributed by atoms with Crippen molar-refractivity contribution in [2.75, 3.05) is 39.3 Å². The summed E-state index contributed by atoms with van der Waals surface area (Å²) in [6.45, 7) is 31.4. The average Bonchev–Trinajstić information content (AvgIpc) is 3.77. The monoisotopic (exact) mass is 968 g/mol. The molecule has 3 aromatic carbocycles. The molecule has 0 bridgehead atoms. The number of piperidine rings is 3. The molecule has 0 spiro atoms. The van der Waals surface area contributed by atoms with Crippen LogP contribution >= 0.6 is 0 Å². The Morgan fingerprint density at radius 1 is 0.690 bits per heavy atom. The number of aryl methyl sites for hydroxylation is 1. The fraction of sp³-hybridized carbons (Fsp3) is 0.593. The van der Waals surface area contributed by atoms with Gasteiger partial charge in [-0.2, -0.15) is 30.8 Å². The van der Waals surface area contributed by atoms with E-state index in [-0.39, 0.29) is 51.0 Å². The number of likely N-dealkylation sites (tertiary alicyclic amines) is 3. The second-order valence-electron chi connectivity index (χ2n) is 23.7. The van der Waals surface area contributed by atoms with Crippen LogP contribution in [0.15, 0.2) is 72.9 Å². The van der Waals surface area contributed by atoms with E-state index in [9.17, 15) is 24.8 Å². The fourth-order valence-electron chi connectivity index (χ4n) is 11.2. The van der Waals surface area contributed by atoms with Crippen molar-refractivity contribution in [2.45, 2.75) is 153 Å². The first-order valence-electron chi connectivity index (χ1n) is 25.8. The van der Waals surface area contributed by atoms with Gasteiger partial charge in [0.15, 0.2) is 0 Å². The van der Waals surface area contributed by atoms with Crippen LogP contribution in [0.3, 0.4) is 0 Å². The third kappa shape index (κ3) is 13.9. The Morgan fingerprint density at radius 3 is 1.62 bits per heavy atom. The van der Waals surface area contributed by atoms with E-state index in [1.54, 1.807) is 17.1 Å². The zero-order valence-corrected chi connectivity index (χ0v) is 44.9. The molecule has 382 valence electrons. The zero-order valence-electron chi connectivity index (χ0n) is 44.9. The molecular weight excluding hydrogens is 886 g/mol. The molecule has 1 N–H and O–H groups in total. The third-order valence-electron chi connectivity index (χ3n) is 17.0. The van der Waals surface area contributed by atoms with E-state index in [4.69, 9.17) is 5.26 Å². The second kappa shape index (κ2) is 23.7. The number of hydrogen-bond donors (Lipinski definition) is 1. The molecular formula is C59H82FN9O2. The smallest absolute Gasteiger partial charge is 0.236 e. The third-order valence-corrected chi connectivity index (χ3v) is 17.0. The molecule has 0 aliphatic carbocycles. The molecule has 3 fully saturated rings. The summed E-state index contributed by atoms with van der Waals surface area (Å²) in [6, 6.07) is 27.6. The van der Waals surface area contributed by atoms with Crippen LogP contribution in [0.1, 0.15) is 150 Å². The summed E-state index contributed by atoms with van der Waals surface area (Å²) in [4.78, 5) is 19.9. The summed E-state index contributed by atoms with van der Waals surface area (Å²) >= 11 is 0. The summed E-state index contributed by atoms with van der Waals surface area (Å²) in [5.74, 6) is -0.194. The van der Waals surface area contributed by atoms with Crippen molar-refractivity contribution in [2.24, 2.45) is 32.5 Å². The molecule has 11 nitrogen and oxygen atoms in total. The van der Waals surface area contributed by atoms with Crippen LogP contribution in [0.25, 0.3) is 16.8 Å². The molecule has 4 heterocycles. The van der Waals surface area contributed by atoms with E-state index >= 15 is 0 Å². The molecule has 3 saturated heterocycles. The first-order chi connectivity index (χ1) is 33.4. The van der Waals surface area contributed by atoms with E-state index in [1.165, 1.54) is 11.6 Å². The van der Waals surface area contributed by atoms with Crippen LogP contribution in [-0.2, 0) is 17.9 Å². The van der Waals surface area contributed by atoms with Gasteiger partial charge in [-0.3, -0.25) is 14.6 Å². The maximum atomic E-state index is 14.8. The van der Waals surface area contributed by atoms with Crippen LogP contribution in [0.5, 0.6) is 5.75 Å². The minimum atomic E-state index is -0.290. The van der Waals surface area contributed by atoms with Crippen molar-refractivity contribution in [3.05, 3.63) is 95.6 Å². The lowest BCUT2D eigenvalue weighted by Gasteiger charge is -2.49. The summed E-state index contributed by atoms with van der Waals surface area (Å²) in [5.41, 5.74) is 6.06. The minimum Gasteiger partial charge on any atom is -0.507 e. The number of carbonyl (C=O) groups is 1. The molecule has 3 aliphatic rings. The SMILES string of the molecule is CC(C)(C)C1(CC#N)CCN(Cc2cc(O)c(-c3ccccc3)cc2F)CC1.CCC1(C(C)(C)C)CCN(C(=O)CC#N)CC1.Cc1cnn(-c2ccc(CN3CCC(CC#N)(C(C)(C)C)CC3)cc2)n1. The highest BCUT2D eigenvalue weighted by molar-refractivity contribution is 5.78. The van der Waals surface area contributed by atoms with Gasteiger partial charge in [-0.25, -0.2) is 4.39 Å². The summed E-state index contributed by atoms with van der Waals surface area (Å²) in [6.07, 6.45) is 10.3. The van der Waals surface area contributed by atoms with Gasteiger partial charge in [-0.1, -0.05) is 112 Å². The fourth-order valence-corrected chi connectivity index (χ4v) is 11.2. The van der Waals surface area contributed by atoms with Crippen molar-refractivity contribution in [3.63, 3.8) is 0 Å². The van der Waals surface area contributed by atoms with Gasteiger partial charge in [0.05, 0.1) is 35.8 Å². The predicted octanol–water partition coefficient (Wildman–Crippen LogP) is 12.8. The van der Waals surface area contributed by atoms with Crippen LogP contribution in [0, 0.1) is 79.2 Å². The number of amides is 1. The number of aromatic hydroxyl groups is 1.